The number of anilines is 1. The molecule has 0 spiro atoms. The lowest BCUT2D eigenvalue weighted by Crippen LogP contribution is -2.50. The number of likely N-dealkylation sites (tertiary alicyclic amines) is 1. The molecule has 1 saturated heterocycles. The molecule has 2 aromatic heterocycles. The van der Waals surface area contributed by atoms with Gasteiger partial charge in [0.25, 0.3) is 5.91 Å². The number of piperidine rings is 1. The van der Waals surface area contributed by atoms with Gasteiger partial charge in [-0.05, 0) is 70.1 Å². The van der Waals surface area contributed by atoms with E-state index < -0.39 is 0 Å². The predicted molar refractivity (Wildman–Crippen MR) is 130 cm³/mol. The fourth-order valence-electron chi connectivity index (χ4n) is 4.58. The molecule has 170 valence electrons. The van der Waals surface area contributed by atoms with E-state index in [1.165, 1.54) is 22.6 Å². The van der Waals surface area contributed by atoms with Crippen molar-refractivity contribution in [3.63, 3.8) is 0 Å². The minimum absolute atomic E-state index is 0.00571. The molecule has 2 N–H and O–H groups in total. The second-order valence-electron chi connectivity index (χ2n) is 8.74. The number of hydrogen-bond donors (Lipinski definition) is 2. The van der Waals surface area contributed by atoms with Crippen molar-refractivity contribution < 1.29 is 9.59 Å². The van der Waals surface area contributed by atoms with Gasteiger partial charge < -0.3 is 10.6 Å². The highest BCUT2D eigenvalue weighted by Crippen LogP contribution is 2.37. The molecule has 2 amide bonds. The third-order valence-corrected chi connectivity index (χ3v) is 8.73. The summed E-state index contributed by atoms with van der Waals surface area (Å²) in [6.07, 6.45) is 7.05. The molecule has 0 saturated carbocycles. The summed E-state index contributed by atoms with van der Waals surface area (Å²) in [5.41, 5.74) is 1.81. The number of nitrogens with one attached hydrogen (secondary N) is 2. The predicted octanol–water partition coefficient (Wildman–Crippen LogP) is 4.48. The van der Waals surface area contributed by atoms with Crippen molar-refractivity contribution in [1.82, 2.24) is 10.2 Å². The molecular formula is C24H30N4O2S2. The van der Waals surface area contributed by atoms with Gasteiger partial charge >= 0.3 is 0 Å². The summed E-state index contributed by atoms with van der Waals surface area (Å²) in [5.74, 6) is -0.0664. The fourth-order valence-corrected chi connectivity index (χ4v) is 6.59. The van der Waals surface area contributed by atoms with Gasteiger partial charge in [-0.2, -0.15) is 5.26 Å². The summed E-state index contributed by atoms with van der Waals surface area (Å²) in [6.45, 7) is 5.44. The third kappa shape index (κ3) is 5.06. The number of fused-ring (bicyclic) bond motifs is 1. The van der Waals surface area contributed by atoms with Gasteiger partial charge in [0.05, 0.1) is 16.5 Å². The molecule has 8 heteroatoms. The van der Waals surface area contributed by atoms with E-state index in [-0.39, 0.29) is 23.9 Å². The molecule has 6 nitrogen and oxygen atoms in total. The van der Waals surface area contributed by atoms with Crippen LogP contribution in [0.25, 0.3) is 0 Å². The highest BCUT2D eigenvalue weighted by Gasteiger charge is 2.29. The first-order valence-electron chi connectivity index (χ1n) is 11.4. The molecule has 1 fully saturated rings. The summed E-state index contributed by atoms with van der Waals surface area (Å²) in [5, 5.41) is 16.6. The quantitative estimate of drug-likeness (QED) is 0.631. The van der Waals surface area contributed by atoms with Crippen molar-refractivity contribution in [1.29, 1.82) is 5.26 Å². The summed E-state index contributed by atoms with van der Waals surface area (Å²) in [7, 11) is 0. The molecule has 1 aliphatic heterocycles. The standard InChI is InChI=1S/C24H30N4O2S2/c1-15-8-9-21(31-15)23(30)26-17-10-12-28(13-11-17)16(2)22(29)27-24-19(14-25)18-6-4-3-5-7-20(18)32-24/h8-9,16-17H,3-7,10-13H2,1-2H3,(H,26,30)(H,27,29). The summed E-state index contributed by atoms with van der Waals surface area (Å²) in [4.78, 5) is 30.7. The Morgan fingerprint density at radius 2 is 1.91 bits per heavy atom. The number of hydrogen-bond acceptors (Lipinski definition) is 6. The monoisotopic (exact) mass is 470 g/mol. The van der Waals surface area contributed by atoms with Crippen LogP contribution in [0.3, 0.4) is 0 Å². The van der Waals surface area contributed by atoms with Crippen LogP contribution < -0.4 is 10.6 Å². The zero-order valence-electron chi connectivity index (χ0n) is 18.7. The van der Waals surface area contributed by atoms with Crippen molar-refractivity contribution in [2.75, 3.05) is 18.4 Å². The molecule has 1 unspecified atom stereocenters. The first kappa shape index (κ1) is 23.0. The van der Waals surface area contributed by atoms with Gasteiger partial charge in [0.1, 0.15) is 11.1 Å². The number of carbonyl (C=O) groups excluding carboxylic acids is 2. The maximum atomic E-state index is 13.0. The third-order valence-electron chi connectivity index (χ3n) is 6.53. The van der Waals surface area contributed by atoms with Crippen LogP contribution in [0.1, 0.15) is 69.6 Å². The number of nitriles is 1. The molecule has 32 heavy (non-hydrogen) atoms. The Hall–Kier alpha value is -2.21. The highest BCUT2D eigenvalue weighted by atomic mass is 32.1. The number of thiophene rings is 2. The van der Waals surface area contributed by atoms with E-state index in [0.29, 0.717) is 10.6 Å². The van der Waals surface area contributed by atoms with E-state index in [2.05, 4.69) is 21.6 Å². The van der Waals surface area contributed by atoms with Gasteiger partial charge in [0, 0.05) is 28.9 Å². The van der Waals surface area contributed by atoms with Crippen LogP contribution in [0.4, 0.5) is 5.00 Å². The first-order valence-corrected chi connectivity index (χ1v) is 13.1. The molecule has 3 heterocycles. The van der Waals surface area contributed by atoms with Crippen molar-refractivity contribution >= 4 is 39.5 Å². The van der Waals surface area contributed by atoms with E-state index in [0.717, 1.165) is 66.9 Å². The molecule has 1 aliphatic carbocycles. The van der Waals surface area contributed by atoms with Gasteiger partial charge in [0.15, 0.2) is 0 Å². The molecule has 0 radical (unpaired) electrons. The van der Waals surface area contributed by atoms with E-state index in [1.54, 1.807) is 11.3 Å². The van der Waals surface area contributed by atoms with Crippen LogP contribution in [0.2, 0.25) is 0 Å². The SMILES string of the molecule is Cc1ccc(C(=O)NC2CCN(C(C)C(=O)Nc3sc4c(c3C#N)CCCCC4)CC2)s1. The minimum atomic E-state index is -0.278. The lowest BCUT2D eigenvalue weighted by Gasteiger charge is -2.35. The van der Waals surface area contributed by atoms with Gasteiger partial charge in [0.2, 0.25) is 5.91 Å². The first-order chi connectivity index (χ1) is 15.5. The Morgan fingerprint density at radius 1 is 1.16 bits per heavy atom. The van der Waals surface area contributed by atoms with Gasteiger partial charge in [-0.15, -0.1) is 22.7 Å². The van der Waals surface area contributed by atoms with Crippen molar-refractivity contribution in [3.8, 4) is 6.07 Å². The van der Waals surface area contributed by atoms with Crippen LogP contribution >= 0.6 is 22.7 Å². The summed E-state index contributed by atoms with van der Waals surface area (Å²) < 4.78 is 0. The Morgan fingerprint density at radius 3 is 2.59 bits per heavy atom. The molecule has 4 rings (SSSR count). The van der Waals surface area contributed by atoms with Crippen molar-refractivity contribution in [2.24, 2.45) is 0 Å². The van der Waals surface area contributed by atoms with E-state index >= 15 is 0 Å². The topological polar surface area (TPSA) is 85.2 Å². The molecular weight excluding hydrogens is 440 g/mol. The second kappa shape index (κ2) is 10.2. The maximum absolute atomic E-state index is 13.0. The number of aryl methyl sites for hydroxylation is 2. The molecule has 0 aromatic carbocycles. The Kier molecular flexibility index (Phi) is 7.29. The molecule has 2 aromatic rings. The summed E-state index contributed by atoms with van der Waals surface area (Å²) in [6, 6.07) is 6.03. The average molecular weight is 471 g/mol. The van der Waals surface area contributed by atoms with Crippen molar-refractivity contribution in [3.05, 3.63) is 37.9 Å². The lowest BCUT2D eigenvalue weighted by molar-refractivity contribution is -0.121. The normalized spacial score (nSPS) is 18.3. The molecule has 2 aliphatic rings. The fraction of sp³-hybridized carbons (Fsp3) is 0.542. The van der Waals surface area contributed by atoms with Crippen LogP contribution in [-0.2, 0) is 17.6 Å². The van der Waals surface area contributed by atoms with Gasteiger partial charge in [-0.3, -0.25) is 14.5 Å². The lowest BCUT2D eigenvalue weighted by atomic mass is 10.0. The van der Waals surface area contributed by atoms with Crippen molar-refractivity contribution in [2.45, 2.75) is 70.9 Å². The Labute approximate surface area is 197 Å². The largest absolute Gasteiger partial charge is 0.349 e. The van der Waals surface area contributed by atoms with E-state index in [9.17, 15) is 14.9 Å². The smallest absolute Gasteiger partial charge is 0.261 e. The minimum Gasteiger partial charge on any atom is -0.349 e. The van der Waals surface area contributed by atoms with Crippen LogP contribution in [0, 0.1) is 18.3 Å². The van der Waals surface area contributed by atoms with Crippen LogP contribution in [0.15, 0.2) is 12.1 Å². The average Bonchev–Trinajstić information content (AvgIpc) is 3.29. The number of amides is 2. The zero-order valence-corrected chi connectivity index (χ0v) is 20.3. The number of carbonyl (C=O) groups is 2. The van der Waals surface area contributed by atoms with E-state index in [1.807, 2.05) is 26.0 Å². The number of nitrogens with zero attached hydrogens (tertiary/aromatic N) is 2. The Bertz CT molecular complexity index is 1030. The van der Waals surface area contributed by atoms with Gasteiger partial charge in [-0.1, -0.05) is 6.42 Å². The molecule has 0 bridgehead atoms. The maximum Gasteiger partial charge on any atom is 0.261 e. The molecule has 1 atom stereocenters. The van der Waals surface area contributed by atoms with Crippen LogP contribution in [-0.4, -0.2) is 41.9 Å². The van der Waals surface area contributed by atoms with Gasteiger partial charge in [-0.25, -0.2) is 0 Å². The van der Waals surface area contributed by atoms with Crippen LogP contribution in [0.5, 0.6) is 0 Å². The number of rotatable bonds is 5. The zero-order chi connectivity index (χ0) is 22.7. The second-order valence-corrected chi connectivity index (χ2v) is 11.1. The Balaban J connectivity index is 1.32. The highest BCUT2D eigenvalue weighted by molar-refractivity contribution is 7.16. The van der Waals surface area contributed by atoms with E-state index in [4.69, 9.17) is 0 Å². The summed E-state index contributed by atoms with van der Waals surface area (Å²) >= 11 is 3.09.